The Morgan fingerprint density at radius 2 is 1.95 bits per heavy atom. The zero-order valence-electron chi connectivity index (χ0n) is 12.1. The van der Waals surface area contributed by atoms with Crippen LogP contribution in [0.15, 0.2) is 30.3 Å². The first-order valence-corrected chi connectivity index (χ1v) is 6.93. The van der Waals surface area contributed by atoms with Crippen LogP contribution < -0.4 is 11.3 Å². The summed E-state index contributed by atoms with van der Waals surface area (Å²) < 4.78 is 0. The van der Waals surface area contributed by atoms with Crippen LogP contribution in [-0.4, -0.2) is 23.9 Å². The summed E-state index contributed by atoms with van der Waals surface area (Å²) in [7, 11) is 0. The SMILES string of the molecule is CCC(C)CN(CC)C(C(=O)NN)c1ccccc1. The number of carbonyl (C=O) groups excluding carboxylic acids is 1. The molecule has 0 aliphatic rings. The Morgan fingerprint density at radius 1 is 1.32 bits per heavy atom. The van der Waals surface area contributed by atoms with Gasteiger partial charge in [0.1, 0.15) is 6.04 Å². The molecule has 2 unspecified atom stereocenters. The third-order valence-electron chi connectivity index (χ3n) is 3.52. The summed E-state index contributed by atoms with van der Waals surface area (Å²) in [5, 5.41) is 0. The molecule has 0 heterocycles. The molecule has 0 aliphatic carbocycles. The van der Waals surface area contributed by atoms with Gasteiger partial charge in [0.25, 0.3) is 5.91 Å². The van der Waals surface area contributed by atoms with Gasteiger partial charge in [0.2, 0.25) is 0 Å². The molecule has 1 aromatic carbocycles. The van der Waals surface area contributed by atoms with E-state index in [-0.39, 0.29) is 11.9 Å². The fraction of sp³-hybridized carbons (Fsp3) is 0.533. The molecule has 1 aromatic rings. The highest BCUT2D eigenvalue weighted by Gasteiger charge is 2.26. The third kappa shape index (κ3) is 4.33. The van der Waals surface area contributed by atoms with E-state index in [1.165, 1.54) is 0 Å². The van der Waals surface area contributed by atoms with E-state index in [2.05, 4.69) is 31.1 Å². The van der Waals surface area contributed by atoms with Gasteiger partial charge in [-0.25, -0.2) is 5.84 Å². The van der Waals surface area contributed by atoms with E-state index in [9.17, 15) is 4.79 Å². The van der Waals surface area contributed by atoms with Gasteiger partial charge >= 0.3 is 0 Å². The minimum atomic E-state index is -0.315. The lowest BCUT2D eigenvalue weighted by molar-refractivity contribution is -0.127. The highest BCUT2D eigenvalue weighted by molar-refractivity contribution is 5.82. The van der Waals surface area contributed by atoms with Crippen molar-refractivity contribution in [1.82, 2.24) is 10.3 Å². The number of hydrazine groups is 1. The van der Waals surface area contributed by atoms with Gasteiger partial charge in [-0.2, -0.15) is 0 Å². The van der Waals surface area contributed by atoms with Gasteiger partial charge < -0.3 is 0 Å². The van der Waals surface area contributed by atoms with Crippen molar-refractivity contribution < 1.29 is 4.79 Å². The van der Waals surface area contributed by atoms with Crippen LogP contribution in [0.1, 0.15) is 38.8 Å². The van der Waals surface area contributed by atoms with Crippen molar-refractivity contribution in [2.75, 3.05) is 13.1 Å². The van der Waals surface area contributed by atoms with E-state index in [0.29, 0.717) is 5.92 Å². The van der Waals surface area contributed by atoms with Crippen LogP contribution in [0.3, 0.4) is 0 Å². The molecule has 1 amide bonds. The van der Waals surface area contributed by atoms with Gasteiger partial charge in [-0.15, -0.1) is 0 Å². The number of nitrogens with zero attached hydrogens (tertiary/aromatic N) is 1. The number of nitrogens with two attached hydrogens (primary N) is 1. The Balaban J connectivity index is 2.98. The zero-order chi connectivity index (χ0) is 14.3. The summed E-state index contributed by atoms with van der Waals surface area (Å²) in [5.41, 5.74) is 3.27. The summed E-state index contributed by atoms with van der Waals surface area (Å²) in [6.07, 6.45) is 1.10. The van der Waals surface area contributed by atoms with Gasteiger partial charge in [0.15, 0.2) is 0 Å². The first-order chi connectivity index (χ1) is 9.13. The first kappa shape index (κ1) is 15.7. The van der Waals surface area contributed by atoms with Crippen molar-refractivity contribution in [2.24, 2.45) is 11.8 Å². The predicted molar refractivity (Wildman–Crippen MR) is 78.2 cm³/mol. The maximum atomic E-state index is 12.1. The molecule has 0 bridgehead atoms. The topological polar surface area (TPSA) is 58.4 Å². The van der Waals surface area contributed by atoms with Crippen LogP contribution >= 0.6 is 0 Å². The Bertz CT molecular complexity index is 380. The monoisotopic (exact) mass is 263 g/mol. The molecule has 106 valence electrons. The van der Waals surface area contributed by atoms with Gasteiger partial charge in [0, 0.05) is 6.54 Å². The molecule has 3 N–H and O–H groups in total. The first-order valence-electron chi connectivity index (χ1n) is 6.93. The number of amides is 1. The average Bonchev–Trinajstić information content (AvgIpc) is 2.46. The Hall–Kier alpha value is -1.39. The second-order valence-electron chi connectivity index (χ2n) is 4.92. The smallest absolute Gasteiger partial charge is 0.255 e. The van der Waals surface area contributed by atoms with Crippen molar-refractivity contribution in [1.29, 1.82) is 0 Å². The van der Waals surface area contributed by atoms with E-state index in [1.807, 2.05) is 30.3 Å². The molecule has 2 atom stereocenters. The van der Waals surface area contributed by atoms with E-state index in [4.69, 9.17) is 5.84 Å². The molecule has 0 saturated carbocycles. The summed E-state index contributed by atoms with van der Waals surface area (Å²) in [5.74, 6) is 5.74. The molecule has 4 heteroatoms. The number of benzene rings is 1. The lowest BCUT2D eigenvalue weighted by Crippen LogP contribution is -2.44. The van der Waals surface area contributed by atoms with Gasteiger partial charge in [-0.05, 0) is 18.0 Å². The van der Waals surface area contributed by atoms with Crippen molar-refractivity contribution in [3.63, 3.8) is 0 Å². The molecule has 0 aromatic heterocycles. The summed E-state index contributed by atoms with van der Waals surface area (Å²) in [6.45, 7) is 8.14. The van der Waals surface area contributed by atoms with Gasteiger partial charge in [0.05, 0.1) is 0 Å². The summed E-state index contributed by atoms with van der Waals surface area (Å²) in [4.78, 5) is 14.3. The second-order valence-corrected chi connectivity index (χ2v) is 4.92. The van der Waals surface area contributed by atoms with Crippen LogP contribution in [0.5, 0.6) is 0 Å². The lowest BCUT2D eigenvalue weighted by atomic mass is 10.0. The van der Waals surface area contributed by atoms with Crippen LogP contribution in [-0.2, 0) is 4.79 Å². The molecular formula is C15H25N3O. The standard InChI is InChI=1S/C15H25N3O/c1-4-12(3)11-18(5-2)14(15(19)17-16)13-9-7-6-8-10-13/h6-10,12,14H,4-5,11,16H2,1-3H3,(H,17,19). The summed E-state index contributed by atoms with van der Waals surface area (Å²) >= 11 is 0. The van der Waals surface area contributed by atoms with E-state index in [0.717, 1.165) is 25.1 Å². The molecule has 19 heavy (non-hydrogen) atoms. The highest BCUT2D eigenvalue weighted by Crippen LogP contribution is 2.22. The number of carbonyl (C=O) groups is 1. The van der Waals surface area contributed by atoms with Crippen molar-refractivity contribution in [2.45, 2.75) is 33.2 Å². The number of rotatable bonds is 7. The second kappa shape index (κ2) is 7.92. The quantitative estimate of drug-likeness (QED) is 0.450. The van der Waals surface area contributed by atoms with E-state index >= 15 is 0 Å². The highest BCUT2D eigenvalue weighted by atomic mass is 16.2. The largest absolute Gasteiger partial charge is 0.293 e. The fourth-order valence-corrected chi connectivity index (χ4v) is 2.19. The van der Waals surface area contributed by atoms with Crippen molar-refractivity contribution in [3.8, 4) is 0 Å². The molecule has 0 saturated heterocycles. The molecular weight excluding hydrogens is 238 g/mol. The van der Waals surface area contributed by atoms with E-state index < -0.39 is 0 Å². The number of nitrogens with one attached hydrogen (secondary N) is 1. The summed E-state index contributed by atoms with van der Waals surface area (Å²) in [6, 6.07) is 9.47. The van der Waals surface area contributed by atoms with Crippen LogP contribution in [0.25, 0.3) is 0 Å². The zero-order valence-corrected chi connectivity index (χ0v) is 12.1. The van der Waals surface area contributed by atoms with Gasteiger partial charge in [-0.3, -0.25) is 15.1 Å². The molecule has 0 aliphatic heterocycles. The third-order valence-corrected chi connectivity index (χ3v) is 3.52. The maximum absolute atomic E-state index is 12.1. The lowest BCUT2D eigenvalue weighted by Gasteiger charge is -2.31. The van der Waals surface area contributed by atoms with Crippen LogP contribution in [0, 0.1) is 5.92 Å². The van der Waals surface area contributed by atoms with E-state index in [1.54, 1.807) is 0 Å². The van der Waals surface area contributed by atoms with Crippen molar-refractivity contribution >= 4 is 5.91 Å². The Kier molecular flexibility index (Phi) is 6.53. The van der Waals surface area contributed by atoms with Crippen LogP contribution in [0.4, 0.5) is 0 Å². The maximum Gasteiger partial charge on any atom is 0.255 e. The number of hydrogen-bond donors (Lipinski definition) is 2. The average molecular weight is 263 g/mol. The Labute approximate surface area is 115 Å². The molecule has 0 fully saturated rings. The molecule has 0 spiro atoms. The van der Waals surface area contributed by atoms with Gasteiger partial charge in [-0.1, -0.05) is 57.5 Å². The Morgan fingerprint density at radius 3 is 2.42 bits per heavy atom. The molecule has 1 rings (SSSR count). The number of hydrogen-bond acceptors (Lipinski definition) is 3. The number of likely N-dealkylation sites (N-methyl/N-ethyl adjacent to an activating group) is 1. The molecule has 0 radical (unpaired) electrons. The fourth-order valence-electron chi connectivity index (χ4n) is 2.19. The van der Waals surface area contributed by atoms with Crippen molar-refractivity contribution in [3.05, 3.63) is 35.9 Å². The predicted octanol–water partition coefficient (Wildman–Crippen LogP) is 2.09. The normalized spacial score (nSPS) is 14.2. The minimum Gasteiger partial charge on any atom is -0.293 e. The minimum absolute atomic E-state index is 0.156. The molecule has 4 nitrogen and oxygen atoms in total. The van der Waals surface area contributed by atoms with Crippen LogP contribution in [0.2, 0.25) is 0 Å².